The van der Waals surface area contributed by atoms with Crippen molar-refractivity contribution in [2.75, 3.05) is 31.1 Å². The van der Waals surface area contributed by atoms with E-state index in [1.54, 1.807) is 0 Å². The van der Waals surface area contributed by atoms with Crippen molar-refractivity contribution in [3.05, 3.63) is 78.1 Å². The number of piperazine rings is 1. The summed E-state index contributed by atoms with van der Waals surface area (Å²) in [6.45, 7) is 1.90. The lowest BCUT2D eigenvalue weighted by molar-refractivity contribution is 0.0741. The van der Waals surface area contributed by atoms with Gasteiger partial charge in [0.15, 0.2) is 0 Å². The van der Waals surface area contributed by atoms with Crippen molar-refractivity contribution in [1.29, 1.82) is 0 Å². The molecule has 1 fully saturated rings. The molecule has 28 heavy (non-hydrogen) atoms. The van der Waals surface area contributed by atoms with Crippen LogP contribution in [-0.2, 0) is 0 Å². The topological polar surface area (TPSA) is 49.3 Å². The highest BCUT2D eigenvalue weighted by molar-refractivity contribution is 5.94. The fourth-order valence-electron chi connectivity index (χ4n) is 3.26. The van der Waals surface area contributed by atoms with Crippen LogP contribution in [0.15, 0.2) is 60.9 Å². The fourth-order valence-corrected chi connectivity index (χ4v) is 3.26. The van der Waals surface area contributed by atoms with E-state index in [1.165, 1.54) is 11.2 Å². The van der Waals surface area contributed by atoms with E-state index < -0.39 is 17.5 Å². The van der Waals surface area contributed by atoms with Crippen molar-refractivity contribution >= 4 is 11.7 Å². The molecule has 0 bridgehead atoms. The van der Waals surface area contributed by atoms with Gasteiger partial charge in [-0.2, -0.15) is 0 Å². The van der Waals surface area contributed by atoms with Crippen LogP contribution < -0.4 is 4.90 Å². The van der Waals surface area contributed by atoms with Crippen molar-refractivity contribution < 1.29 is 13.6 Å². The number of benzene rings is 2. The minimum atomic E-state index is -0.711. The molecule has 1 aliphatic rings. The largest absolute Gasteiger partial charge is 0.353 e. The smallest absolute Gasteiger partial charge is 0.257 e. The number of aromatic nitrogens is 2. The maximum Gasteiger partial charge on any atom is 0.257 e. The van der Waals surface area contributed by atoms with Gasteiger partial charge in [0.25, 0.3) is 5.91 Å². The first-order valence-electron chi connectivity index (χ1n) is 8.98. The summed E-state index contributed by atoms with van der Waals surface area (Å²) >= 11 is 0. The Morgan fingerprint density at radius 2 is 1.64 bits per heavy atom. The van der Waals surface area contributed by atoms with Crippen molar-refractivity contribution in [3.63, 3.8) is 0 Å². The molecular weight excluding hydrogens is 362 g/mol. The number of nitrogens with zero attached hydrogens (tertiary/aromatic N) is 4. The molecule has 0 radical (unpaired) electrons. The van der Waals surface area contributed by atoms with Crippen LogP contribution in [0.4, 0.5) is 14.6 Å². The summed E-state index contributed by atoms with van der Waals surface area (Å²) in [6, 6.07) is 14.7. The number of halogens is 2. The van der Waals surface area contributed by atoms with Crippen molar-refractivity contribution in [3.8, 4) is 11.3 Å². The lowest BCUT2D eigenvalue weighted by atomic mass is 10.1. The SMILES string of the molecule is O=C(c1cc(F)ccc1F)N1CCN(c2cc(-c3ccccc3)ncn2)CC1. The zero-order chi connectivity index (χ0) is 19.5. The van der Waals surface area contributed by atoms with Crippen LogP contribution in [0.5, 0.6) is 0 Å². The maximum atomic E-state index is 13.9. The summed E-state index contributed by atoms with van der Waals surface area (Å²) in [5, 5.41) is 0. The predicted molar refractivity (Wildman–Crippen MR) is 102 cm³/mol. The highest BCUT2D eigenvalue weighted by Crippen LogP contribution is 2.22. The Balaban J connectivity index is 1.46. The second-order valence-electron chi connectivity index (χ2n) is 6.53. The van der Waals surface area contributed by atoms with Gasteiger partial charge in [0, 0.05) is 37.8 Å². The molecule has 0 spiro atoms. The highest BCUT2D eigenvalue weighted by Gasteiger charge is 2.25. The van der Waals surface area contributed by atoms with Crippen LogP contribution in [0.3, 0.4) is 0 Å². The van der Waals surface area contributed by atoms with Crippen LogP contribution in [-0.4, -0.2) is 47.0 Å². The van der Waals surface area contributed by atoms with E-state index in [-0.39, 0.29) is 5.56 Å². The first-order valence-corrected chi connectivity index (χ1v) is 8.98. The van der Waals surface area contributed by atoms with E-state index in [0.29, 0.717) is 26.2 Å². The molecule has 0 unspecified atom stereocenters. The highest BCUT2D eigenvalue weighted by atomic mass is 19.1. The molecule has 4 rings (SSSR count). The molecule has 1 saturated heterocycles. The third-order valence-electron chi connectivity index (χ3n) is 4.77. The first kappa shape index (κ1) is 18.0. The van der Waals surface area contributed by atoms with Gasteiger partial charge in [0.2, 0.25) is 0 Å². The molecule has 0 N–H and O–H groups in total. The standard InChI is InChI=1S/C21H18F2N4O/c22-16-6-7-18(23)17(12-16)21(28)27-10-8-26(9-11-27)20-13-19(24-14-25-20)15-4-2-1-3-5-15/h1-7,12-14H,8-11H2. The monoisotopic (exact) mass is 380 g/mol. The molecule has 1 aromatic heterocycles. The molecule has 1 amide bonds. The van der Waals surface area contributed by atoms with E-state index in [4.69, 9.17) is 0 Å². The summed E-state index contributed by atoms with van der Waals surface area (Å²) in [5.41, 5.74) is 1.59. The van der Waals surface area contributed by atoms with Gasteiger partial charge in [-0.1, -0.05) is 30.3 Å². The van der Waals surface area contributed by atoms with E-state index in [9.17, 15) is 13.6 Å². The van der Waals surface area contributed by atoms with E-state index in [0.717, 1.165) is 35.3 Å². The number of carbonyl (C=O) groups is 1. The summed E-state index contributed by atoms with van der Waals surface area (Å²) in [7, 11) is 0. The molecule has 2 aromatic carbocycles. The van der Waals surface area contributed by atoms with Gasteiger partial charge >= 0.3 is 0 Å². The second kappa shape index (κ2) is 7.72. The van der Waals surface area contributed by atoms with Crippen LogP contribution in [0, 0.1) is 11.6 Å². The number of amides is 1. The molecule has 2 heterocycles. The Kier molecular flexibility index (Phi) is 4.97. The summed E-state index contributed by atoms with van der Waals surface area (Å²) < 4.78 is 27.3. The number of hydrogen-bond acceptors (Lipinski definition) is 4. The molecule has 7 heteroatoms. The summed E-state index contributed by atoms with van der Waals surface area (Å²) in [5.74, 6) is -1.06. The Bertz CT molecular complexity index is 989. The van der Waals surface area contributed by atoms with Gasteiger partial charge in [0.1, 0.15) is 23.8 Å². The van der Waals surface area contributed by atoms with Crippen molar-refractivity contribution in [1.82, 2.24) is 14.9 Å². The number of rotatable bonds is 3. The Morgan fingerprint density at radius 1 is 0.893 bits per heavy atom. The Morgan fingerprint density at radius 3 is 2.39 bits per heavy atom. The summed E-state index contributed by atoms with van der Waals surface area (Å²) in [6.07, 6.45) is 1.53. The Labute approximate surface area is 161 Å². The number of anilines is 1. The van der Waals surface area contributed by atoms with Crippen LogP contribution in [0.2, 0.25) is 0 Å². The van der Waals surface area contributed by atoms with Crippen LogP contribution in [0.1, 0.15) is 10.4 Å². The lowest BCUT2D eigenvalue weighted by Gasteiger charge is -2.35. The molecule has 5 nitrogen and oxygen atoms in total. The average molecular weight is 380 g/mol. The Hall–Kier alpha value is -3.35. The molecule has 0 aliphatic carbocycles. The third kappa shape index (κ3) is 3.69. The fraction of sp³-hybridized carbons (Fsp3) is 0.190. The zero-order valence-corrected chi connectivity index (χ0v) is 15.1. The van der Waals surface area contributed by atoms with E-state index >= 15 is 0 Å². The quantitative estimate of drug-likeness (QED) is 0.699. The number of hydrogen-bond donors (Lipinski definition) is 0. The minimum Gasteiger partial charge on any atom is -0.353 e. The van der Waals surface area contributed by atoms with Gasteiger partial charge in [-0.25, -0.2) is 18.7 Å². The molecule has 0 atom stereocenters. The lowest BCUT2D eigenvalue weighted by Crippen LogP contribution is -2.49. The van der Waals surface area contributed by atoms with Gasteiger partial charge in [-0.3, -0.25) is 4.79 Å². The normalized spacial score (nSPS) is 14.2. The molecule has 1 aliphatic heterocycles. The van der Waals surface area contributed by atoms with E-state index in [1.807, 2.05) is 36.4 Å². The minimum absolute atomic E-state index is 0.234. The molecule has 142 valence electrons. The molecular formula is C21H18F2N4O. The first-order chi connectivity index (χ1) is 13.6. The predicted octanol–water partition coefficient (Wildman–Crippen LogP) is 3.38. The van der Waals surface area contributed by atoms with Gasteiger partial charge in [-0.05, 0) is 18.2 Å². The zero-order valence-electron chi connectivity index (χ0n) is 15.1. The second-order valence-corrected chi connectivity index (χ2v) is 6.53. The van der Waals surface area contributed by atoms with Crippen LogP contribution >= 0.6 is 0 Å². The van der Waals surface area contributed by atoms with E-state index in [2.05, 4.69) is 14.9 Å². The van der Waals surface area contributed by atoms with Gasteiger partial charge in [0.05, 0.1) is 11.3 Å². The van der Waals surface area contributed by atoms with Gasteiger partial charge < -0.3 is 9.80 Å². The number of carbonyl (C=O) groups excluding carboxylic acids is 1. The van der Waals surface area contributed by atoms with Crippen molar-refractivity contribution in [2.45, 2.75) is 0 Å². The third-order valence-corrected chi connectivity index (χ3v) is 4.77. The average Bonchev–Trinajstić information content (AvgIpc) is 2.76. The maximum absolute atomic E-state index is 13.9. The van der Waals surface area contributed by atoms with Crippen molar-refractivity contribution in [2.24, 2.45) is 0 Å². The van der Waals surface area contributed by atoms with Gasteiger partial charge in [-0.15, -0.1) is 0 Å². The molecule has 0 saturated carbocycles. The van der Waals surface area contributed by atoms with Crippen LogP contribution in [0.25, 0.3) is 11.3 Å². The molecule has 3 aromatic rings. The summed E-state index contributed by atoms with van der Waals surface area (Å²) in [4.78, 5) is 24.8.